The van der Waals surface area contributed by atoms with Crippen LogP contribution in [-0.2, 0) is 6.18 Å². The van der Waals surface area contributed by atoms with Crippen LogP contribution in [0.5, 0.6) is 5.75 Å². The number of benzene rings is 2. The molecule has 0 aliphatic rings. The zero-order chi connectivity index (χ0) is 14.2. The van der Waals surface area contributed by atoms with Gasteiger partial charge in [-0.1, -0.05) is 6.07 Å². The van der Waals surface area contributed by atoms with Crippen molar-refractivity contribution in [2.75, 3.05) is 0 Å². The molecule has 2 rings (SSSR count). The van der Waals surface area contributed by atoms with E-state index in [4.69, 9.17) is 0 Å². The smallest absolute Gasteiger partial charge is 0.416 e. The molecule has 0 aliphatic heterocycles. The molecular formula is C13H7F5O. The van der Waals surface area contributed by atoms with E-state index in [9.17, 15) is 27.1 Å². The van der Waals surface area contributed by atoms with Crippen LogP contribution in [0.4, 0.5) is 22.0 Å². The van der Waals surface area contributed by atoms with Gasteiger partial charge in [0.1, 0.15) is 5.75 Å². The highest BCUT2D eigenvalue weighted by molar-refractivity contribution is 5.66. The maximum Gasteiger partial charge on any atom is 0.416 e. The quantitative estimate of drug-likeness (QED) is 0.766. The summed E-state index contributed by atoms with van der Waals surface area (Å²) in [6, 6.07) is 5.07. The summed E-state index contributed by atoms with van der Waals surface area (Å²) in [5.74, 6) is -2.87. The molecular weight excluding hydrogens is 267 g/mol. The van der Waals surface area contributed by atoms with Crippen molar-refractivity contribution < 1.29 is 27.1 Å². The van der Waals surface area contributed by atoms with Crippen LogP contribution < -0.4 is 0 Å². The molecule has 0 aliphatic carbocycles. The summed E-state index contributed by atoms with van der Waals surface area (Å²) in [5.41, 5.74) is -1.07. The van der Waals surface area contributed by atoms with Gasteiger partial charge in [0.2, 0.25) is 0 Å². The lowest BCUT2D eigenvalue weighted by atomic mass is 10.0. The first kappa shape index (κ1) is 13.3. The van der Waals surface area contributed by atoms with Gasteiger partial charge in [0.15, 0.2) is 11.6 Å². The molecule has 6 heteroatoms. The summed E-state index contributed by atoms with van der Waals surface area (Å²) in [6.45, 7) is 0. The SMILES string of the molecule is Oc1cc(-c2ccc(F)c(F)c2)cc(C(F)(F)F)c1. The van der Waals surface area contributed by atoms with E-state index < -0.39 is 29.1 Å². The Morgan fingerprint density at radius 1 is 0.789 bits per heavy atom. The van der Waals surface area contributed by atoms with E-state index in [1.54, 1.807) is 0 Å². The molecule has 0 bridgehead atoms. The molecule has 0 amide bonds. The van der Waals surface area contributed by atoms with Crippen LogP contribution in [0.25, 0.3) is 11.1 Å². The van der Waals surface area contributed by atoms with Crippen molar-refractivity contribution in [3.8, 4) is 16.9 Å². The number of halogens is 5. The van der Waals surface area contributed by atoms with Crippen LogP contribution in [0.15, 0.2) is 36.4 Å². The van der Waals surface area contributed by atoms with Gasteiger partial charge in [-0.3, -0.25) is 0 Å². The topological polar surface area (TPSA) is 20.2 Å². The molecule has 100 valence electrons. The van der Waals surface area contributed by atoms with Gasteiger partial charge in [0.25, 0.3) is 0 Å². The van der Waals surface area contributed by atoms with Gasteiger partial charge in [-0.15, -0.1) is 0 Å². The number of phenols is 1. The van der Waals surface area contributed by atoms with Crippen molar-refractivity contribution in [1.82, 2.24) is 0 Å². The van der Waals surface area contributed by atoms with Gasteiger partial charge < -0.3 is 5.11 Å². The molecule has 0 saturated carbocycles. The lowest BCUT2D eigenvalue weighted by Crippen LogP contribution is -2.04. The van der Waals surface area contributed by atoms with Crippen LogP contribution in [0.1, 0.15) is 5.56 Å². The molecule has 0 atom stereocenters. The molecule has 0 heterocycles. The number of hydrogen-bond donors (Lipinski definition) is 1. The Labute approximate surface area is 104 Å². The highest BCUT2D eigenvalue weighted by Gasteiger charge is 2.31. The van der Waals surface area contributed by atoms with E-state index >= 15 is 0 Å². The Morgan fingerprint density at radius 2 is 1.47 bits per heavy atom. The molecule has 0 spiro atoms. The molecule has 0 fully saturated rings. The summed E-state index contributed by atoms with van der Waals surface area (Å²) in [7, 11) is 0. The minimum Gasteiger partial charge on any atom is -0.508 e. The van der Waals surface area contributed by atoms with Crippen molar-refractivity contribution in [3.05, 3.63) is 53.6 Å². The van der Waals surface area contributed by atoms with Crippen LogP contribution >= 0.6 is 0 Å². The first-order valence-corrected chi connectivity index (χ1v) is 5.14. The third kappa shape index (κ3) is 2.83. The fourth-order valence-corrected chi connectivity index (χ4v) is 1.62. The molecule has 0 saturated heterocycles. The zero-order valence-corrected chi connectivity index (χ0v) is 9.30. The van der Waals surface area contributed by atoms with Crippen molar-refractivity contribution in [3.63, 3.8) is 0 Å². The van der Waals surface area contributed by atoms with Crippen molar-refractivity contribution >= 4 is 0 Å². The Balaban J connectivity index is 2.56. The van der Waals surface area contributed by atoms with Gasteiger partial charge in [0.05, 0.1) is 5.56 Å². The minimum absolute atomic E-state index is 0.0419. The number of alkyl halides is 3. The molecule has 1 nitrogen and oxygen atoms in total. The van der Waals surface area contributed by atoms with E-state index in [0.717, 1.165) is 30.3 Å². The number of aromatic hydroxyl groups is 1. The van der Waals surface area contributed by atoms with E-state index in [-0.39, 0.29) is 11.1 Å². The number of rotatable bonds is 1. The van der Waals surface area contributed by atoms with Crippen molar-refractivity contribution in [1.29, 1.82) is 0 Å². The Hall–Kier alpha value is -2.11. The minimum atomic E-state index is -4.63. The average molecular weight is 274 g/mol. The van der Waals surface area contributed by atoms with Crippen molar-refractivity contribution in [2.45, 2.75) is 6.18 Å². The predicted molar refractivity (Wildman–Crippen MR) is 58.5 cm³/mol. The zero-order valence-electron chi connectivity index (χ0n) is 9.30. The second kappa shape index (κ2) is 4.53. The van der Waals surface area contributed by atoms with Gasteiger partial charge >= 0.3 is 6.18 Å². The second-order valence-electron chi connectivity index (χ2n) is 3.90. The first-order chi connectivity index (χ1) is 8.77. The highest BCUT2D eigenvalue weighted by atomic mass is 19.4. The summed E-state index contributed by atoms with van der Waals surface area (Å²) in [4.78, 5) is 0. The first-order valence-electron chi connectivity index (χ1n) is 5.14. The summed E-state index contributed by atoms with van der Waals surface area (Å²) >= 11 is 0. The monoisotopic (exact) mass is 274 g/mol. The average Bonchev–Trinajstić information content (AvgIpc) is 2.31. The van der Waals surface area contributed by atoms with E-state index in [1.807, 2.05) is 0 Å². The number of phenolic OH excluding ortho intramolecular Hbond substituents is 1. The summed E-state index contributed by atoms with van der Waals surface area (Å²) < 4.78 is 63.5. The van der Waals surface area contributed by atoms with Gasteiger partial charge in [-0.25, -0.2) is 8.78 Å². The van der Waals surface area contributed by atoms with Crippen LogP contribution in [-0.4, -0.2) is 5.11 Å². The maximum absolute atomic E-state index is 13.0. The lowest BCUT2D eigenvalue weighted by Gasteiger charge is -2.10. The molecule has 19 heavy (non-hydrogen) atoms. The molecule has 0 aromatic heterocycles. The van der Waals surface area contributed by atoms with Gasteiger partial charge in [-0.05, 0) is 41.5 Å². The normalized spacial score (nSPS) is 11.6. The predicted octanol–water partition coefficient (Wildman–Crippen LogP) is 4.36. The molecule has 0 radical (unpaired) electrons. The van der Waals surface area contributed by atoms with Gasteiger partial charge in [0, 0.05) is 0 Å². The third-order valence-electron chi connectivity index (χ3n) is 2.50. The Bertz CT molecular complexity index is 619. The van der Waals surface area contributed by atoms with Gasteiger partial charge in [-0.2, -0.15) is 13.2 Å². The summed E-state index contributed by atoms with van der Waals surface area (Å²) in [5, 5.41) is 9.27. The molecule has 2 aromatic carbocycles. The van der Waals surface area contributed by atoms with E-state index in [0.29, 0.717) is 6.07 Å². The summed E-state index contributed by atoms with van der Waals surface area (Å²) in [6.07, 6.45) is -4.63. The second-order valence-corrected chi connectivity index (χ2v) is 3.90. The molecule has 2 aromatic rings. The fourth-order valence-electron chi connectivity index (χ4n) is 1.62. The number of hydrogen-bond acceptors (Lipinski definition) is 1. The van der Waals surface area contributed by atoms with Crippen molar-refractivity contribution in [2.24, 2.45) is 0 Å². The fraction of sp³-hybridized carbons (Fsp3) is 0.0769. The lowest BCUT2D eigenvalue weighted by molar-refractivity contribution is -0.137. The highest BCUT2D eigenvalue weighted by Crippen LogP contribution is 2.35. The van der Waals surface area contributed by atoms with E-state index in [2.05, 4.69) is 0 Å². The Kier molecular flexibility index (Phi) is 3.18. The van der Waals surface area contributed by atoms with Crippen LogP contribution in [0.3, 0.4) is 0 Å². The molecule has 1 N–H and O–H groups in total. The third-order valence-corrected chi connectivity index (χ3v) is 2.50. The standard InChI is InChI=1S/C13H7F5O/c14-11-2-1-7(5-12(11)15)8-3-9(13(16,17)18)6-10(19)4-8/h1-6,19H. The van der Waals surface area contributed by atoms with E-state index in [1.165, 1.54) is 0 Å². The Morgan fingerprint density at radius 3 is 2.05 bits per heavy atom. The largest absolute Gasteiger partial charge is 0.508 e. The molecule has 0 unspecified atom stereocenters. The van der Waals surface area contributed by atoms with Crippen LogP contribution in [0, 0.1) is 11.6 Å². The maximum atomic E-state index is 13.0. The van der Waals surface area contributed by atoms with Crippen LogP contribution in [0.2, 0.25) is 0 Å².